The van der Waals surface area contributed by atoms with Gasteiger partial charge in [0.05, 0.1) is 18.4 Å². The summed E-state index contributed by atoms with van der Waals surface area (Å²) in [6, 6.07) is 8.56. The summed E-state index contributed by atoms with van der Waals surface area (Å²) in [6.45, 7) is 3.82. The van der Waals surface area contributed by atoms with Crippen LogP contribution in [0.4, 0.5) is 5.69 Å². The third kappa shape index (κ3) is 1.54. The van der Waals surface area contributed by atoms with Crippen LogP contribution < -0.4 is 4.90 Å². The van der Waals surface area contributed by atoms with Crippen molar-refractivity contribution in [3.8, 4) is 0 Å². The summed E-state index contributed by atoms with van der Waals surface area (Å²) in [4.78, 5) is 10.5. The lowest BCUT2D eigenvalue weighted by Crippen LogP contribution is -2.14. The number of benzene rings is 1. The van der Waals surface area contributed by atoms with E-state index in [1.165, 1.54) is 11.3 Å². The van der Waals surface area contributed by atoms with Gasteiger partial charge in [-0.05, 0) is 19.1 Å². The van der Waals surface area contributed by atoms with E-state index in [4.69, 9.17) is 0 Å². The van der Waals surface area contributed by atoms with E-state index in [2.05, 4.69) is 52.3 Å². The lowest BCUT2D eigenvalue weighted by atomic mass is 10.2. The Balaban J connectivity index is 1.88. The van der Waals surface area contributed by atoms with Crippen molar-refractivity contribution < 1.29 is 0 Å². The number of fused-ring (bicyclic) bond motifs is 1. The molecule has 0 saturated heterocycles. The Morgan fingerprint density at radius 1 is 1.19 bits per heavy atom. The number of rotatable bonds is 1. The maximum atomic E-state index is 4.27. The first kappa shape index (κ1) is 9.33. The number of hydrogen-bond donors (Lipinski definition) is 0. The van der Waals surface area contributed by atoms with Gasteiger partial charge in [0, 0.05) is 17.8 Å². The molecule has 1 aromatic carbocycles. The molecule has 0 fully saturated rings. The first-order valence-corrected chi connectivity index (χ1v) is 5.35. The molecule has 0 unspecified atom stereocenters. The number of hydrogen-bond acceptors (Lipinski definition) is 3. The Kier molecular flexibility index (Phi) is 2.10. The molecule has 2 aromatic rings. The van der Waals surface area contributed by atoms with Gasteiger partial charge in [-0.15, -0.1) is 0 Å². The second-order valence-corrected chi connectivity index (χ2v) is 4.10. The van der Waals surface area contributed by atoms with Crippen LogP contribution in [0.2, 0.25) is 0 Å². The summed E-state index contributed by atoms with van der Waals surface area (Å²) >= 11 is 0. The fraction of sp³-hybridized carbons (Fsp3) is 0.231. The first-order chi connectivity index (χ1) is 7.83. The summed E-state index contributed by atoms with van der Waals surface area (Å²) < 4.78 is 0. The average molecular weight is 210 g/mol. The molecule has 0 saturated carbocycles. The van der Waals surface area contributed by atoms with Gasteiger partial charge >= 0.3 is 0 Å². The summed E-state index contributed by atoms with van der Waals surface area (Å²) in [7, 11) is 0. The van der Waals surface area contributed by atoms with Crippen LogP contribution in [0.1, 0.15) is 16.8 Å². The summed E-state index contributed by atoms with van der Waals surface area (Å²) in [5.74, 6) is 0. The molecule has 79 valence electrons. The van der Waals surface area contributed by atoms with E-state index in [-0.39, 0.29) is 0 Å². The summed E-state index contributed by atoms with van der Waals surface area (Å²) in [5.41, 5.74) is 4.72. The molecule has 3 rings (SSSR count). The molecule has 0 N–H and O–H groups in total. The van der Waals surface area contributed by atoms with Crippen LogP contribution in [0.3, 0.4) is 0 Å². The standard InChI is InChI=1S/C13H12N3/c1-10-2-4-12(5-3-10)16-7-11-6-14-9-15-13(11)8-16/h2-5,9H,7-8H2,1H3. The largest absolute Gasteiger partial charge is 0.361 e. The molecule has 1 aliphatic heterocycles. The molecular formula is C13H12N3. The second-order valence-electron chi connectivity index (χ2n) is 4.10. The van der Waals surface area contributed by atoms with Crippen molar-refractivity contribution >= 4 is 5.69 Å². The molecule has 1 radical (unpaired) electrons. The van der Waals surface area contributed by atoms with Crippen LogP contribution in [-0.4, -0.2) is 9.97 Å². The van der Waals surface area contributed by atoms with Crippen LogP contribution in [0.5, 0.6) is 0 Å². The average Bonchev–Trinajstić information content (AvgIpc) is 2.73. The van der Waals surface area contributed by atoms with Crippen molar-refractivity contribution in [3.05, 3.63) is 53.6 Å². The third-order valence-corrected chi connectivity index (χ3v) is 2.91. The van der Waals surface area contributed by atoms with Gasteiger partial charge < -0.3 is 4.90 Å². The van der Waals surface area contributed by atoms with Gasteiger partial charge in [0.25, 0.3) is 0 Å². The van der Waals surface area contributed by atoms with E-state index in [1.807, 2.05) is 0 Å². The first-order valence-electron chi connectivity index (χ1n) is 5.35. The number of nitrogens with zero attached hydrogens (tertiary/aromatic N) is 3. The predicted octanol–water partition coefficient (Wildman–Crippen LogP) is 2.11. The van der Waals surface area contributed by atoms with Crippen LogP contribution in [0, 0.1) is 13.1 Å². The Morgan fingerprint density at radius 2 is 2.00 bits per heavy atom. The molecule has 0 atom stereocenters. The monoisotopic (exact) mass is 210 g/mol. The van der Waals surface area contributed by atoms with Crippen LogP contribution >= 0.6 is 0 Å². The SMILES string of the molecule is Cc1ccc(N2Cc3[c]ncnc3C2)cc1. The molecule has 1 aliphatic rings. The third-order valence-electron chi connectivity index (χ3n) is 2.91. The minimum Gasteiger partial charge on any atom is -0.361 e. The molecule has 3 heteroatoms. The zero-order chi connectivity index (χ0) is 11.0. The van der Waals surface area contributed by atoms with Crippen molar-refractivity contribution in [2.45, 2.75) is 20.0 Å². The molecule has 3 nitrogen and oxygen atoms in total. The molecule has 0 aliphatic carbocycles. The van der Waals surface area contributed by atoms with E-state index in [1.54, 1.807) is 6.33 Å². The second kappa shape index (κ2) is 3.59. The van der Waals surface area contributed by atoms with Gasteiger partial charge in [0.2, 0.25) is 0 Å². The van der Waals surface area contributed by atoms with Gasteiger partial charge in [-0.3, -0.25) is 0 Å². The van der Waals surface area contributed by atoms with Crippen molar-refractivity contribution in [1.29, 1.82) is 0 Å². The lowest BCUT2D eigenvalue weighted by Gasteiger charge is -2.17. The maximum absolute atomic E-state index is 4.27. The minimum atomic E-state index is 0.859. The van der Waals surface area contributed by atoms with E-state index in [0.29, 0.717) is 0 Å². The molecule has 2 heterocycles. The fourth-order valence-corrected chi connectivity index (χ4v) is 1.98. The van der Waals surface area contributed by atoms with Crippen LogP contribution in [-0.2, 0) is 13.1 Å². The number of aromatic nitrogens is 2. The lowest BCUT2D eigenvalue weighted by molar-refractivity contribution is 0.870. The summed E-state index contributed by atoms with van der Waals surface area (Å²) in [5, 5.41) is 0. The van der Waals surface area contributed by atoms with E-state index in [0.717, 1.165) is 24.3 Å². The van der Waals surface area contributed by atoms with Crippen LogP contribution in [0.15, 0.2) is 30.6 Å². The Bertz CT molecular complexity index is 480. The highest BCUT2D eigenvalue weighted by molar-refractivity contribution is 5.50. The van der Waals surface area contributed by atoms with Gasteiger partial charge in [0.1, 0.15) is 6.33 Å². The van der Waals surface area contributed by atoms with E-state index in [9.17, 15) is 0 Å². The van der Waals surface area contributed by atoms with Crippen molar-refractivity contribution in [3.63, 3.8) is 0 Å². The number of aryl methyl sites for hydroxylation is 1. The normalized spacial score (nSPS) is 13.9. The molecule has 1 aromatic heterocycles. The molecule has 0 amide bonds. The zero-order valence-corrected chi connectivity index (χ0v) is 9.14. The Labute approximate surface area is 94.8 Å². The van der Waals surface area contributed by atoms with Gasteiger partial charge in [-0.1, -0.05) is 17.7 Å². The van der Waals surface area contributed by atoms with Gasteiger partial charge in [-0.25, -0.2) is 9.97 Å². The molecule has 0 bridgehead atoms. The van der Waals surface area contributed by atoms with E-state index >= 15 is 0 Å². The van der Waals surface area contributed by atoms with Crippen molar-refractivity contribution in [1.82, 2.24) is 9.97 Å². The van der Waals surface area contributed by atoms with E-state index < -0.39 is 0 Å². The Morgan fingerprint density at radius 3 is 2.75 bits per heavy atom. The quantitative estimate of drug-likeness (QED) is 0.721. The predicted molar refractivity (Wildman–Crippen MR) is 61.9 cm³/mol. The molecule has 0 spiro atoms. The maximum Gasteiger partial charge on any atom is 0.116 e. The molecular weight excluding hydrogens is 198 g/mol. The van der Waals surface area contributed by atoms with Crippen molar-refractivity contribution in [2.75, 3.05) is 4.90 Å². The zero-order valence-electron chi connectivity index (χ0n) is 9.14. The van der Waals surface area contributed by atoms with Crippen LogP contribution in [0.25, 0.3) is 0 Å². The highest BCUT2D eigenvalue weighted by atomic mass is 15.2. The highest BCUT2D eigenvalue weighted by Gasteiger charge is 2.20. The highest BCUT2D eigenvalue weighted by Crippen LogP contribution is 2.25. The Hall–Kier alpha value is -1.90. The van der Waals surface area contributed by atoms with Gasteiger partial charge in [0.15, 0.2) is 0 Å². The number of anilines is 1. The van der Waals surface area contributed by atoms with Crippen molar-refractivity contribution in [2.24, 2.45) is 0 Å². The molecule has 16 heavy (non-hydrogen) atoms. The smallest absolute Gasteiger partial charge is 0.116 e. The fourth-order valence-electron chi connectivity index (χ4n) is 1.98. The minimum absolute atomic E-state index is 0.859. The van der Waals surface area contributed by atoms with Gasteiger partial charge in [-0.2, -0.15) is 0 Å². The topological polar surface area (TPSA) is 29.0 Å². The summed E-state index contributed by atoms with van der Waals surface area (Å²) in [6.07, 6.45) is 4.57.